The Kier molecular flexibility index (Phi) is 3.07. The maximum atomic E-state index is 10.2. The normalized spacial score (nSPS) is 8.36. The van der Waals surface area contributed by atoms with E-state index in [1.807, 2.05) is 0 Å². The van der Waals surface area contributed by atoms with Crippen LogP contribution in [0.2, 0.25) is 0 Å². The molecule has 0 atom stereocenters. The van der Waals surface area contributed by atoms with Gasteiger partial charge in [-0.15, -0.1) is 0 Å². The molecule has 0 saturated heterocycles. The average Bonchev–Trinajstić information content (AvgIpc) is 1.88. The lowest BCUT2D eigenvalue weighted by atomic mass is 10.2. The molecule has 4 N–H and O–H groups in total. The standard InChI is InChI=1S/C7H6O3.H2O/c8-6-3-1-5(2-4-6)7(9)10;/h1-4,8H,(H,9,10);1H2. The van der Waals surface area contributed by atoms with Crippen LogP contribution in [0, 0.1) is 0 Å². The van der Waals surface area contributed by atoms with Crippen LogP contribution >= 0.6 is 0 Å². The van der Waals surface area contributed by atoms with E-state index in [2.05, 4.69) is 0 Å². The summed E-state index contributed by atoms with van der Waals surface area (Å²) in [6.45, 7) is 0. The smallest absolute Gasteiger partial charge is 0.335 e. The lowest BCUT2D eigenvalue weighted by molar-refractivity contribution is 0.0697. The topological polar surface area (TPSA) is 89.0 Å². The van der Waals surface area contributed by atoms with E-state index in [4.69, 9.17) is 10.2 Å². The van der Waals surface area contributed by atoms with Crippen LogP contribution in [0.3, 0.4) is 0 Å². The summed E-state index contributed by atoms with van der Waals surface area (Å²) in [4.78, 5) is 10.2. The summed E-state index contributed by atoms with van der Waals surface area (Å²) in [7, 11) is 0. The van der Waals surface area contributed by atoms with Crippen molar-refractivity contribution >= 4 is 5.97 Å². The number of benzene rings is 1. The van der Waals surface area contributed by atoms with E-state index in [-0.39, 0.29) is 16.8 Å². The summed E-state index contributed by atoms with van der Waals surface area (Å²) in [6.07, 6.45) is 0. The second-order valence-electron chi connectivity index (χ2n) is 1.85. The van der Waals surface area contributed by atoms with Crippen molar-refractivity contribution in [3.05, 3.63) is 29.8 Å². The maximum Gasteiger partial charge on any atom is 0.335 e. The van der Waals surface area contributed by atoms with Gasteiger partial charge in [0.05, 0.1) is 5.56 Å². The van der Waals surface area contributed by atoms with Gasteiger partial charge in [-0.05, 0) is 24.3 Å². The Bertz CT molecular complexity index is 239. The van der Waals surface area contributed by atoms with Gasteiger partial charge in [0.25, 0.3) is 0 Å². The molecule has 1 rings (SSSR count). The minimum absolute atomic E-state index is 0. The molecule has 60 valence electrons. The first kappa shape index (κ1) is 9.45. The van der Waals surface area contributed by atoms with Crippen LogP contribution in [0.4, 0.5) is 0 Å². The van der Waals surface area contributed by atoms with Crippen molar-refractivity contribution in [2.24, 2.45) is 0 Å². The molecule has 0 unspecified atom stereocenters. The minimum Gasteiger partial charge on any atom is -0.508 e. The van der Waals surface area contributed by atoms with Gasteiger partial charge in [-0.1, -0.05) is 0 Å². The lowest BCUT2D eigenvalue weighted by Gasteiger charge is -1.92. The fraction of sp³-hybridized carbons (Fsp3) is 0. The number of carbonyl (C=O) groups is 1. The van der Waals surface area contributed by atoms with Crippen molar-refractivity contribution in [2.45, 2.75) is 0 Å². The fourth-order valence-electron chi connectivity index (χ4n) is 0.604. The molecule has 11 heavy (non-hydrogen) atoms. The molecule has 0 aliphatic rings. The second-order valence-corrected chi connectivity index (χ2v) is 1.85. The number of hydrogen-bond acceptors (Lipinski definition) is 2. The molecule has 1 aromatic carbocycles. The van der Waals surface area contributed by atoms with E-state index < -0.39 is 5.97 Å². The molecule has 0 spiro atoms. The first-order valence-corrected chi connectivity index (χ1v) is 2.72. The number of hydrogen-bond donors (Lipinski definition) is 2. The van der Waals surface area contributed by atoms with Gasteiger partial charge in [0.1, 0.15) is 5.75 Å². The monoisotopic (exact) mass is 156 g/mol. The zero-order chi connectivity index (χ0) is 7.56. The first-order valence-electron chi connectivity index (χ1n) is 2.72. The van der Waals surface area contributed by atoms with Gasteiger partial charge in [-0.25, -0.2) is 4.79 Å². The molecule has 4 nitrogen and oxygen atoms in total. The zero-order valence-electron chi connectivity index (χ0n) is 5.61. The zero-order valence-corrected chi connectivity index (χ0v) is 5.61. The molecule has 0 fully saturated rings. The Morgan fingerprint density at radius 3 is 2.00 bits per heavy atom. The van der Waals surface area contributed by atoms with Crippen molar-refractivity contribution in [1.82, 2.24) is 0 Å². The summed E-state index contributed by atoms with van der Waals surface area (Å²) in [5.74, 6) is -0.912. The van der Waals surface area contributed by atoms with Crippen LogP contribution in [-0.2, 0) is 0 Å². The van der Waals surface area contributed by atoms with Gasteiger partial charge >= 0.3 is 5.97 Å². The van der Waals surface area contributed by atoms with Crippen molar-refractivity contribution in [3.63, 3.8) is 0 Å². The third-order valence-corrected chi connectivity index (χ3v) is 1.11. The van der Waals surface area contributed by atoms with Gasteiger partial charge < -0.3 is 15.7 Å². The predicted molar refractivity (Wildman–Crippen MR) is 38.7 cm³/mol. The number of carboxylic acids is 1. The fourth-order valence-corrected chi connectivity index (χ4v) is 0.604. The Labute approximate surface area is 63.0 Å². The molecule has 0 aliphatic heterocycles. The molecular formula is C7H8O4. The number of phenols is 1. The minimum atomic E-state index is -0.986. The molecule has 0 aromatic heterocycles. The molecule has 0 heterocycles. The molecule has 0 saturated carbocycles. The first-order chi connectivity index (χ1) is 4.70. The van der Waals surface area contributed by atoms with Crippen molar-refractivity contribution < 1.29 is 20.5 Å². The number of aromatic carboxylic acids is 1. The molecular weight excluding hydrogens is 148 g/mol. The number of aromatic hydroxyl groups is 1. The van der Waals surface area contributed by atoms with E-state index in [1.165, 1.54) is 24.3 Å². The van der Waals surface area contributed by atoms with Crippen LogP contribution in [0.15, 0.2) is 24.3 Å². The van der Waals surface area contributed by atoms with Gasteiger partial charge in [-0.2, -0.15) is 0 Å². The van der Waals surface area contributed by atoms with Crippen LogP contribution in [-0.4, -0.2) is 21.7 Å². The molecule has 0 bridgehead atoms. The lowest BCUT2D eigenvalue weighted by Crippen LogP contribution is -1.93. The highest BCUT2D eigenvalue weighted by Crippen LogP contribution is 2.08. The summed E-state index contributed by atoms with van der Waals surface area (Å²) < 4.78 is 0. The summed E-state index contributed by atoms with van der Waals surface area (Å²) >= 11 is 0. The van der Waals surface area contributed by atoms with Crippen molar-refractivity contribution in [1.29, 1.82) is 0 Å². The predicted octanol–water partition coefficient (Wildman–Crippen LogP) is 0.266. The highest BCUT2D eigenvalue weighted by molar-refractivity contribution is 5.87. The van der Waals surface area contributed by atoms with E-state index in [1.54, 1.807) is 0 Å². The van der Waals surface area contributed by atoms with Crippen molar-refractivity contribution in [2.75, 3.05) is 0 Å². The maximum absolute atomic E-state index is 10.2. The Hall–Kier alpha value is -1.55. The van der Waals surface area contributed by atoms with E-state index in [0.717, 1.165) is 0 Å². The second kappa shape index (κ2) is 3.58. The van der Waals surface area contributed by atoms with E-state index in [9.17, 15) is 4.79 Å². The van der Waals surface area contributed by atoms with E-state index >= 15 is 0 Å². The molecule has 4 heteroatoms. The molecule has 0 radical (unpaired) electrons. The summed E-state index contributed by atoms with van der Waals surface area (Å²) in [5.41, 5.74) is 0.179. The summed E-state index contributed by atoms with van der Waals surface area (Å²) in [6, 6.07) is 5.36. The van der Waals surface area contributed by atoms with Gasteiger partial charge in [-0.3, -0.25) is 0 Å². The Morgan fingerprint density at radius 2 is 1.64 bits per heavy atom. The summed E-state index contributed by atoms with van der Waals surface area (Å²) in [5, 5.41) is 17.1. The number of rotatable bonds is 1. The van der Waals surface area contributed by atoms with Crippen LogP contribution in [0.25, 0.3) is 0 Å². The van der Waals surface area contributed by atoms with Crippen LogP contribution in [0.5, 0.6) is 5.75 Å². The Balaban J connectivity index is 0.000001000. The van der Waals surface area contributed by atoms with Crippen molar-refractivity contribution in [3.8, 4) is 5.75 Å². The van der Waals surface area contributed by atoms with Gasteiger partial charge in [0, 0.05) is 0 Å². The quantitative estimate of drug-likeness (QED) is 0.611. The molecule has 0 aliphatic carbocycles. The highest BCUT2D eigenvalue weighted by atomic mass is 16.4. The Morgan fingerprint density at radius 1 is 1.18 bits per heavy atom. The molecule has 1 aromatic rings. The molecule has 0 amide bonds. The van der Waals surface area contributed by atoms with Gasteiger partial charge in [0.15, 0.2) is 0 Å². The van der Waals surface area contributed by atoms with Crippen LogP contribution < -0.4 is 0 Å². The highest BCUT2D eigenvalue weighted by Gasteiger charge is 1.99. The average molecular weight is 156 g/mol. The SMILES string of the molecule is O.O=C(O)c1ccc(O)cc1. The van der Waals surface area contributed by atoms with E-state index in [0.29, 0.717) is 0 Å². The largest absolute Gasteiger partial charge is 0.508 e. The number of carboxylic acid groups (broad SMARTS) is 1. The third kappa shape index (κ3) is 2.27. The number of phenolic OH excluding ortho intramolecular Hbond substituents is 1. The van der Waals surface area contributed by atoms with Crippen LogP contribution in [0.1, 0.15) is 10.4 Å². The van der Waals surface area contributed by atoms with Gasteiger partial charge in [0.2, 0.25) is 0 Å². The third-order valence-electron chi connectivity index (χ3n) is 1.11.